The summed E-state index contributed by atoms with van der Waals surface area (Å²) >= 11 is 1.53. The second-order valence-corrected chi connectivity index (χ2v) is 6.38. The summed E-state index contributed by atoms with van der Waals surface area (Å²) in [4.78, 5) is 23.1. The molecule has 0 atom stereocenters. The predicted octanol–water partition coefficient (Wildman–Crippen LogP) is 2.25. The fourth-order valence-electron chi connectivity index (χ4n) is 2.66. The van der Waals surface area contributed by atoms with E-state index in [2.05, 4.69) is 20.2 Å². The van der Waals surface area contributed by atoms with Crippen molar-refractivity contribution >= 4 is 23.2 Å². The smallest absolute Gasteiger partial charge is 0.252 e. The van der Waals surface area contributed by atoms with E-state index in [1.165, 1.54) is 11.3 Å². The quantitative estimate of drug-likeness (QED) is 0.930. The highest BCUT2D eigenvalue weighted by Crippen LogP contribution is 2.20. The van der Waals surface area contributed by atoms with E-state index >= 15 is 0 Å². The van der Waals surface area contributed by atoms with E-state index in [4.69, 9.17) is 4.74 Å². The van der Waals surface area contributed by atoms with Crippen LogP contribution in [-0.2, 0) is 0 Å². The topological polar surface area (TPSA) is 67.3 Å². The molecule has 3 rings (SSSR count). The molecule has 1 fully saturated rings. The molecule has 3 heterocycles. The molecule has 1 amide bonds. The number of anilines is 1. The lowest BCUT2D eigenvalue weighted by molar-refractivity contribution is 0.0931. The Labute approximate surface area is 139 Å². The second-order valence-electron chi connectivity index (χ2n) is 5.60. The lowest BCUT2D eigenvalue weighted by Gasteiger charge is -2.32. The molecule has 2 aromatic rings. The highest BCUT2D eigenvalue weighted by atomic mass is 32.1. The third kappa shape index (κ3) is 3.79. The minimum absolute atomic E-state index is 0.0122. The predicted molar refractivity (Wildman–Crippen MR) is 90.3 cm³/mol. The number of methoxy groups -OCH3 is 1. The zero-order chi connectivity index (χ0) is 16.2. The monoisotopic (exact) mass is 332 g/mol. The van der Waals surface area contributed by atoms with Crippen molar-refractivity contribution in [2.45, 2.75) is 25.8 Å². The number of nitrogens with one attached hydrogen (secondary N) is 1. The highest BCUT2D eigenvalue weighted by Gasteiger charge is 2.23. The maximum atomic E-state index is 12.1. The summed E-state index contributed by atoms with van der Waals surface area (Å²) in [7, 11) is 1.61. The Hall–Kier alpha value is -2.15. The number of aryl methyl sites for hydroxylation is 1. The molecule has 0 aliphatic carbocycles. The number of piperidine rings is 1. The molecule has 6 nitrogen and oxygen atoms in total. The molecule has 122 valence electrons. The third-order valence-corrected chi connectivity index (χ3v) is 4.61. The molecule has 2 aromatic heterocycles. The summed E-state index contributed by atoms with van der Waals surface area (Å²) in [6.45, 7) is 3.57. The molecule has 1 aliphatic rings. The minimum Gasteiger partial charge on any atom is -0.481 e. The molecule has 0 saturated carbocycles. The van der Waals surface area contributed by atoms with Gasteiger partial charge >= 0.3 is 0 Å². The highest BCUT2D eigenvalue weighted by molar-refractivity contribution is 7.08. The van der Waals surface area contributed by atoms with Crippen LogP contribution in [0.3, 0.4) is 0 Å². The van der Waals surface area contributed by atoms with Gasteiger partial charge in [0.1, 0.15) is 0 Å². The maximum absolute atomic E-state index is 12.1. The van der Waals surface area contributed by atoms with Gasteiger partial charge in [-0.1, -0.05) is 0 Å². The largest absolute Gasteiger partial charge is 0.481 e. The van der Waals surface area contributed by atoms with Gasteiger partial charge in [0.25, 0.3) is 5.91 Å². The normalized spacial score (nSPS) is 15.5. The third-order valence-electron chi connectivity index (χ3n) is 3.92. The van der Waals surface area contributed by atoms with Crippen LogP contribution in [0.1, 0.15) is 28.9 Å². The van der Waals surface area contributed by atoms with Crippen LogP contribution in [0.25, 0.3) is 0 Å². The Kier molecular flexibility index (Phi) is 4.76. The van der Waals surface area contributed by atoms with Crippen LogP contribution in [0, 0.1) is 6.92 Å². The van der Waals surface area contributed by atoms with Crippen molar-refractivity contribution in [1.29, 1.82) is 0 Å². The number of amides is 1. The number of nitrogens with zero attached hydrogens (tertiary/aromatic N) is 3. The summed E-state index contributed by atoms with van der Waals surface area (Å²) in [5.74, 6) is 1.29. The fraction of sp³-hybridized carbons (Fsp3) is 0.438. The zero-order valence-electron chi connectivity index (χ0n) is 13.3. The molecule has 0 aromatic carbocycles. The van der Waals surface area contributed by atoms with E-state index in [0.29, 0.717) is 11.8 Å². The number of carbonyl (C=O) groups is 1. The SMILES string of the molecule is COc1cc(C)nc(N2CCC(NC(=O)c3ccsc3)CC2)n1. The summed E-state index contributed by atoms with van der Waals surface area (Å²) in [5.41, 5.74) is 1.63. The maximum Gasteiger partial charge on any atom is 0.252 e. The molecule has 0 spiro atoms. The van der Waals surface area contributed by atoms with Crippen LogP contribution < -0.4 is 15.0 Å². The number of aromatic nitrogens is 2. The number of hydrogen-bond acceptors (Lipinski definition) is 6. The van der Waals surface area contributed by atoms with Crippen molar-refractivity contribution in [3.63, 3.8) is 0 Å². The zero-order valence-corrected chi connectivity index (χ0v) is 14.1. The average Bonchev–Trinajstić information content (AvgIpc) is 3.09. The number of ether oxygens (including phenoxy) is 1. The Morgan fingerprint density at radius 1 is 1.39 bits per heavy atom. The van der Waals surface area contributed by atoms with Crippen molar-refractivity contribution in [3.8, 4) is 5.88 Å². The van der Waals surface area contributed by atoms with E-state index in [9.17, 15) is 4.79 Å². The van der Waals surface area contributed by atoms with Crippen LogP contribution in [-0.4, -0.2) is 42.1 Å². The van der Waals surface area contributed by atoms with Crippen LogP contribution >= 0.6 is 11.3 Å². The van der Waals surface area contributed by atoms with Crippen LogP contribution in [0.5, 0.6) is 5.88 Å². The first-order chi connectivity index (χ1) is 11.2. The average molecular weight is 332 g/mol. The van der Waals surface area contributed by atoms with Gasteiger partial charge in [-0.25, -0.2) is 4.98 Å². The van der Waals surface area contributed by atoms with E-state index in [-0.39, 0.29) is 11.9 Å². The number of carbonyl (C=O) groups excluding carboxylic acids is 1. The standard InChI is InChI=1S/C16H20N4O2S/c1-11-9-14(22-2)19-16(17-11)20-6-3-13(4-7-20)18-15(21)12-5-8-23-10-12/h5,8-10,13H,3-4,6-7H2,1-2H3,(H,18,21). The Bertz CT molecular complexity index is 667. The van der Waals surface area contributed by atoms with Gasteiger partial charge in [0, 0.05) is 41.8 Å². The Morgan fingerprint density at radius 2 is 2.17 bits per heavy atom. The molecule has 1 N–H and O–H groups in total. The number of hydrogen-bond donors (Lipinski definition) is 1. The molecule has 1 aliphatic heterocycles. The Morgan fingerprint density at radius 3 is 2.83 bits per heavy atom. The van der Waals surface area contributed by atoms with Crippen LogP contribution in [0.15, 0.2) is 22.9 Å². The van der Waals surface area contributed by atoms with E-state index in [1.807, 2.05) is 29.8 Å². The lowest BCUT2D eigenvalue weighted by Crippen LogP contribution is -2.45. The Balaban J connectivity index is 1.58. The van der Waals surface area contributed by atoms with Crippen molar-refractivity contribution < 1.29 is 9.53 Å². The van der Waals surface area contributed by atoms with Crippen molar-refractivity contribution in [2.24, 2.45) is 0 Å². The van der Waals surface area contributed by atoms with Gasteiger partial charge in [-0.3, -0.25) is 4.79 Å². The van der Waals surface area contributed by atoms with E-state index in [0.717, 1.165) is 37.2 Å². The fourth-order valence-corrected chi connectivity index (χ4v) is 3.29. The first-order valence-electron chi connectivity index (χ1n) is 7.63. The molecular weight excluding hydrogens is 312 g/mol. The number of rotatable bonds is 4. The van der Waals surface area contributed by atoms with Gasteiger partial charge in [-0.15, -0.1) is 0 Å². The summed E-state index contributed by atoms with van der Waals surface area (Å²) in [6, 6.07) is 3.87. The van der Waals surface area contributed by atoms with Gasteiger partial charge < -0.3 is 15.0 Å². The van der Waals surface area contributed by atoms with Crippen LogP contribution in [0.4, 0.5) is 5.95 Å². The van der Waals surface area contributed by atoms with Gasteiger partial charge in [0.15, 0.2) is 0 Å². The molecule has 1 saturated heterocycles. The van der Waals surface area contributed by atoms with Crippen molar-refractivity contribution in [1.82, 2.24) is 15.3 Å². The van der Waals surface area contributed by atoms with E-state index < -0.39 is 0 Å². The van der Waals surface area contributed by atoms with Gasteiger partial charge in [0.05, 0.1) is 7.11 Å². The van der Waals surface area contributed by atoms with Gasteiger partial charge in [0.2, 0.25) is 11.8 Å². The van der Waals surface area contributed by atoms with Crippen molar-refractivity contribution in [2.75, 3.05) is 25.1 Å². The molecule has 0 unspecified atom stereocenters. The molecule has 7 heteroatoms. The van der Waals surface area contributed by atoms with Crippen LogP contribution in [0.2, 0.25) is 0 Å². The lowest BCUT2D eigenvalue weighted by atomic mass is 10.0. The summed E-state index contributed by atoms with van der Waals surface area (Å²) in [5, 5.41) is 6.89. The summed E-state index contributed by atoms with van der Waals surface area (Å²) < 4.78 is 5.21. The molecule has 0 radical (unpaired) electrons. The molecule has 0 bridgehead atoms. The number of thiophene rings is 1. The van der Waals surface area contributed by atoms with E-state index in [1.54, 1.807) is 7.11 Å². The molecular formula is C16H20N4O2S. The van der Waals surface area contributed by atoms with Crippen molar-refractivity contribution in [3.05, 3.63) is 34.2 Å². The second kappa shape index (κ2) is 6.95. The summed E-state index contributed by atoms with van der Waals surface area (Å²) in [6.07, 6.45) is 1.77. The molecule has 23 heavy (non-hydrogen) atoms. The first-order valence-corrected chi connectivity index (χ1v) is 8.57. The van der Waals surface area contributed by atoms with Gasteiger partial charge in [-0.05, 0) is 31.2 Å². The first kappa shape index (κ1) is 15.7. The minimum atomic E-state index is 0.0122. The van der Waals surface area contributed by atoms with Gasteiger partial charge in [-0.2, -0.15) is 16.3 Å².